The number of sulfone groups is 1. The van der Waals surface area contributed by atoms with E-state index in [1.54, 1.807) is 55.6 Å². The number of nitrogens with one attached hydrogen (secondary N) is 1. The number of nitrogens with zero attached hydrogens (tertiary/aromatic N) is 5. The maximum absolute atomic E-state index is 14.5. The van der Waals surface area contributed by atoms with Gasteiger partial charge in [0.05, 0.1) is 53.3 Å². The second-order valence-corrected chi connectivity index (χ2v) is 16.1. The first kappa shape index (κ1) is 35.8. The molecule has 4 aromatic carbocycles. The van der Waals surface area contributed by atoms with Crippen LogP contribution in [0.25, 0.3) is 32.7 Å². The highest BCUT2D eigenvalue weighted by Crippen LogP contribution is 2.42. The Bertz CT molecular complexity index is 2400. The van der Waals surface area contributed by atoms with Crippen molar-refractivity contribution in [3.63, 3.8) is 0 Å². The normalized spacial score (nSPS) is 12.6. The minimum Gasteiger partial charge on any atom is -0.497 e. The standard InChI is InChI=1S/C33H34N8O7S3/c1-47-23-10-6-20(7-11-23)17-36-51(45,46)31-28(50(43,44)19-22(42)16-34)15-14-25(26-4-3-5-27-30(26)37-33(35)49-27)29(31)32-38-40-41(39-32)18-21-8-12-24(48-2)13-9-21/h3-15,22,36,42H,16-19,34H2,1-2H3,(H2,35,37). The Labute approximate surface area is 297 Å². The van der Waals surface area contributed by atoms with Crippen LogP contribution in [0.15, 0.2) is 88.7 Å². The summed E-state index contributed by atoms with van der Waals surface area (Å²) in [5.41, 5.74) is 14.1. The molecule has 51 heavy (non-hydrogen) atoms. The lowest BCUT2D eigenvalue weighted by Crippen LogP contribution is -2.31. The summed E-state index contributed by atoms with van der Waals surface area (Å²) in [4.78, 5) is 4.55. The summed E-state index contributed by atoms with van der Waals surface area (Å²) in [5.74, 6) is 0.227. The molecule has 18 heteroatoms. The van der Waals surface area contributed by atoms with Crippen LogP contribution in [0.4, 0.5) is 5.13 Å². The zero-order valence-electron chi connectivity index (χ0n) is 27.4. The number of sulfonamides is 1. The molecule has 266 valence electrons. The Morgan fingerprint density at radius 3 is 2.22 bits per heavy atom. The lowest BCUT2D eigenvalue weighted by atomic mass is 9.98. The van der Waals surface area contributed by atoms with Crippen LogP contribution >= 0.6 is 11.3 Å². The number of thiazole rings is 1. The average Bonchev–Trinajstić information content (AvgIpc) is 3.76. The highest BCUT2D eigenvalue weighted by Gasteiger charge is 2.35. The van der Waals surface area contributed by atoms with Crippen LogP contribution in [-0.2, 0) is 33.0 Å². The van der Waals surface area contributed by atoms with Crippen LogP contribution < -0.4 is 25.7 Å². The summed E-state index contributed by atoms with van der Waals surface area (Å²) in [6, 6.07) is 21.8. The van der Waals surface area contributed by atoms with Crippen molar-refractivity contribution < 1.29 is 31.4 Å². The number of nitrogens with two attached hydrogens (primary N) is 2. The van der Waals surface area contributed by atoms with Crippen LogP contribution in [0.1, 0.15) is 11.1 Å². The Kier molecular flexibility index (Phi) is 10.3. The van der Waals surface area contributed by atoms with Gasteiger partial charge in [0.15, 0.2) is 15.0 Å². The first-order chi connectivity index (χ1) is 24.4. The van der Waals surface area contributed by atoms with Crippen molar-refractivity contribution in [3.05, 3.63) is 90.0 Å². The number of aromatic nitrogens is 5. The number of rotatable bonds is 14. The minimum absolute atomic E-state index is 0.138. The summed E-state index contributed by atoms with van der Waals surface area (Å²) < 4.78 is 70.7. The van der Waals surface area contributed by atoms with Crippen LogP contribution in [0.3, 0.4) is 0 Å². The molecule has 1 atom stereocenters. The largest absolute Gasteiger partial charge is 0.497 e. The summed E-state index contributed by atoms with van der Waals surface area (Å²) in [5, 5.41) is 23.6. The van der Waals surface area contributed by atoms with Gasteiger partial charge in [-0.2, -0.15) is 4.80 Å². The van der Waals surface area contributed by atoms with Crippen molar-refractivity contribution in [2.75, 3.05) is 32.3 Å². The molecule has 6 N–H and O–H groups in total. The van der Waals surface area contributed by atoms with E-state index >= 15 is 0 Å². The van der Waals surface area contributed by atoms with Crippen molar-refractivity contribution in [1.82, 2.24) is 29.9 Å². The molecule has 15 nitrogen and oxygen atoms in total. The van der Waals surface area contributed by atoms with Crippen LogP contribution in [-0.4, -0.2) is 79.8 Å². The van der Waals surface area contributed by atoms with E-state index in [0.717, 1.165) is 10.3 Å². The molecule has 0 saturated carbocycles. The van der Waals surface area contributed by atoms with Gasteiger partial charge in [0.2, 0.25) is 15.8 Å². The van der Waals surface area contributed by atoms with Crippen LogP contribution in [0.2, 0.25) is 0 Å². The van der Waals surface area contributed by atoms with E-state index in [2.05, 4.69) is 25.1 Å². The number of hydrogen-bond acceptors (Lipinski definition) is 14. The number of tetrazole rings is 1. The van der Waals surface area contributed by atoms with Gasteiger partial charge in [-0.15, -0.1) is 10.2 Å². The molecule has 0 aliphatic rings. The Morgan fingerprint density at radius 1 is 0.902 bits per heavy atom. The Hall–Kier alpha value is -4.98. The summed E-state index contributed by atoms with van der Waals surface area (Å²) >= 11 is 1.24. The van der Waals surface area contributed by atoms with E-state index in [0.29, 0.717) is 28.1 Å². The van der Waals surface area contributed by atoms with Crippen molar-refractivity contribution in [1.29, 1.82) is 0 Å². The van der Waals surface area contributed by atoms with Gasteiger partial charge >= 0.3 is 0 Å². The molecule has 0 aliphatic heterocycles. The lowest BCUT2D eigenvalue weighted by molar-refractivity contribution is 0.205. The van der Waals surface area contributed by atoms with E-state index < -0.39 is 41.5 Å². The molecule has 0 amide bonds. The van der Waals surface area contributed by atoms with E-state index in [4.69, 9.17) is 20.9 Å². The van der Waals surface area contributed by atoms with E-state index in [9.17, 15) is 21.9 Å². The topological polar surface area (TPSA) is 228 Å². The Balaban J connectivity index is 1.58. The van der Waals surface area contributed by atoms with Crippen molar-refractivity contribution in [2.45, 2.75) is 29.0 Å². The molecule has 6 rings (SSSR count). The molecular formula is C33H34N8O7S3. The second-order valence-electron chi connectivity index (χ2n) is 11.4. The quantitative estimate of drug-likeness (QED) is 0.126. The fraction of sp³-hybridized carbons (Fsp3) is 0.212. The minimum atomic E-state index is -4.69. The molecular weight excluding hydrogens is 717 g/mol. The molecule has 2 aromatic heterocycles. The number of para-hydroxylation sites is 1. The number of methoxy groups -OCH3 is 2. The summed E-state index contributed by atoms with van der Waals surface area (Å²) in [6.45, 7) is -0.407. The third-order valence-electron chi connectivity index (χ3n) is 7.92. The molecule has 0 saturated heterocycles. The summed E-state index contributed by atoms with van der Waals surface area (Å²) in [7, 11) is -6.11. The number of anilines is 1. The van der Waals surface area contributed by atoms with Gasteiger partial charge in [-0.1, -0.05) is 53.8 Å². The highest BCUT2D eigenvalue weighted by atomic mass is 32.2. The number of benzene rings is 4. The molecule has 2 heterocycles. The molecule has 0 spiro atoms. The fourth-order valence-electron chi connectivity index (χ4n) is 5.41. The number of nitrogen functional groups attached to an aromatic ring is 1. The van der Waals surface area contributed by atoms with Gasteiger partial charge < -0.3 is 26.0 Å². The smallest absolute Gasteiger partial charge is 0.242 e. The predicted molar refractivity (Wildman–Crippen MR) is 193 cm³/mol. The zero-order chi connectivity index (χ0) is 36.3. The van der Waals surface area contributed by atoms with Crippen molar-refractivity contribution in [3.8, 4) is 34.0 Å². The van der Waals surface area contributed by atoms with Crippen molar-refractivity contribution in [2.24, 2.45) is 5.73 Å². The molecule has 0 bridgehead atoms. The van der Waals surface area contributed by atoms with E-state index in [1.165, 1.54) is 35.4 Å². The van der Waals surface area contributed by atoms with Crippen LogP contribution in [0, 0.1) is 0 Å². The third kappa shape index (κ3) is 7.70. The molecule has 0 aliphatic carbocycles. The maximum Gasteiger partial charge on any atom is 0.242 e. The van der Waals surface area contributed by atoms with Gasteiger partial charge in [-0.3, -0.25) is 0 Å². The Morgan fingerprint density at radius 2 is 1.57 bits per heavy atom. The van der Waals surface area contributed by atoms with Gasteiger partial charge in [0.25, 0.3) is 0 Å². The third-order valence-corrected chi connectivity index (χ3v) is 12.2. The van der Waals surface area contributed by atoms with Crippen molar-refractivity contribution >= 4 is 46.5 Å². The zero-order valence-corrected chi connectivity index (χ0v) is 29.9. The predicted octanol–water partition coefficient (Wildman–Crippen LogP) is 2.84. The van der Waals surface area contributed by atoms with Gasteiger partial charge in [-0.25, -0.2) is 26.5 Å². The first-order valence-electron chi connectivity index (χ1n) is 15.4. The summed E-state index contributed by atoms with van der Waals surface area (Å²) in [6.07, 6.45) is -1.46. The molecule has 6 aromatic rings. The molecule has 1 unspecified atom stereocenters. The van der Waals surface area contributed by atoms with Gasteiger partial charge in [0, 0.05) is 18.7 Å². The molecule has 0 fully saturated rings. The second kappa shape index (κ2) is 14.7. The highest BCUT2D eigenvalue weighted by molar-refractivity contribution is 7.93. The maximum atomic E-state index is 14.5. The number of ether oxygens (including phenoxy) is 2. The average molecular weight is 751 g/mol. The number of hydrogen-bond donors (Lipinski definition) is 4. The number of fused-ring (bicyclic) bond motifs is 1. The molecule has 0 radical (unpaired) electrons. The SMILES string of the molecule is COc1ccc(CNS(=O)(=O)c2c(S(=O)(=O)CC(O)CN)ccc(-c3cccc4sc(N)nc34)c2-c2nnn(Cc3ccc(OC)cc3)n2)cc1. The number of aliphatic hydroxyl groups is 1. The lowest BCUT2D eigenvalue weighted by Gasteiger charge is -2.19. The van der Waals surface area contributed by atoms with E-state index in [-0.39, 0.29) is 41.7 Å². The van der Waals surface area contributed by atoms with Crippen LogP contribution in [0.5, 0.6) is 11.5 Å². The van der Waals surface area contributed by atoms with Gasteiger partial charge in [0.1, 0.15) is 16.4 Å². The first-order valence-corrected chi connectivity index (χ1v) is 19.3. The van der Waals surface area contributed by atoms with E-state index in [1.807, 2.05) is 18.2 Å². The van der Waals surface area contributed by atoms with Gasteiger partial charge in [-0.05, 0) is 58.3 Å². The monoisotopic (exact) mass is 750 g/mol. The fourth-order valence-corrected chi connectivity index (χ4v) is 9.67. The number of aliphatic hydroxyl groups excluding tert-OH is 1.